The SMILES string of the molecule is CCCC(CCC)(NC)C(C)(C)C. The Morgan fingerprint density at radius 3 is 1.46 bits per heavy atom. The van der Waals surface area contributed by atoms with Crippen molar-refractivity contribution in [2.75, 3.05) is 7.05 Å². The van der Waals surface area contributed by atoms with E-state index in [0.29, 0.717) is 11.0 Å². The van der Waals surface area contributed by atoms with Crippen LogP contribution < -0.4 is 5.32 Å². The fraction of sp³-hybridized carbons (Fsp3) is 1.00. The minimum absolute atomic E-state index is 0.330. The largest absolute Gasteiger partial charge is 0.314 e. The lowest BCUT2D eigenvalue weighted by molar-refractivity contribution is 0.121. The predicted molar refractivity (Wildman–Crippen MR) is 61.1 cm³/mol. The zero-order valence-electron chi connectivity index (χ0n) is 10.3. The molecule has 0 amide bonds. The van der Waals surface area contributed by atoms with Crippen LogP contribution in [0.15, 0.2) is 0 Å². The van der Waals surface area contributed by atoms with E-state index in [1.54, 1.807) is 0 Å². The Hall–Kier alpha value is -0.0400. The molecule has 0 spiro atoms. The highest BCUT2D eigenvalue weighted by atomic mass is 15.0. The van der Waals surface area contributed by atoms with Crippen molar-refractivity contribution >= 4 is 0 Å². The summed E-state index contributed by atoms with van der Waals surface area (Å²) in [5, 5.41) is 3.56. The molecule has 0 atom stereocenters. The molecule has 0 aromatic heterocycles. The second-order valence-electron chi connectivity index (χ2n) is 5.08. The molecule has 0 rings (SSSR count). The van der Waals surface area contributed by atoms with Crippen LogP contribution in [0.25, 0.3) is 0 Å². The highest BCUT2D eigenvalue weighted by Crippen LogP contribution is 2.37. The molecular formula is C12H27N. The van der Waals surface area contributed by atoms with Crippen molar-refractivity contribution < 1.29 is 0 Å². The molecule has 1 nitrogen and oxygen atoms in total. The predicted octanol–water partition coefficient (Wildman–Crippen LogP) is 3.59. The Kier molecular flexibility index (Phi) is 4.98. The number of hydrogen-bond acceptors (Lipinski definition) is 1. The van der Waals surface area contributed by atoms with Crippen molar-refractivity contribution in [3.8, 4) is 0 Å². The van der Waals surface area contributed by atoms with Gasteiger partial charge in [0.15, 0.2) is 0 Å². The second-order valence-corrected chi connectivity index (χ2v) is 5.08. The Morgan fingerprint density at radius 2 is 1.31 bits per heavy atom. The zero-order chi connectivity index (χ0) is 10.5. The van der Waals surface area contributed by atoms with E-state index in [-0.39, 0.29) is 0 Å². The summed E-state index contributed by atoms with van der Waals surface area (Å²) in [6.45, 7) is 11.6. The maximum absolute atomic E-state index is 3.56. The standard InChI is InChI=1S/C12H27N/c1-7-9-12(13-6,10-8-2)11(3,4)5/h13H,7-10H2,1-6H3. The van der Waals surface area contributed by atoms with Crippen LogP contribution in [0.1, 0.15) is 60.3 Å². The first-order chi connectivity index (χ1) is 5.93. The molecule has 0 aliphatic heterocycles. The van der Waals surface area contributed by atoms with E-state index in [2.05, 4.69) is 47.0 Å². The highest BCUT2D eigenvalue weighted by Gasteiger charge is 2.38. The molecule has 0 fully saturated rings. The molecule has 0 saturated heterocycles. The summed E-state index contributed by atoms with van der Waals surface area (Å²) in [7, 11) is 2.11. The molecule has 0 bridgehead atoms. The van der Waals surface area contributed by atoms with E-state index >= 15 is 0 Å². The summed E-state index contributed by atoms with van der Waals surface area (Å²) in [5.74, 6) is 0. The molecule has 1 heteroatoms. The second kappa shape index (κ2) is 4.99. The molecule has 0 aliphatic carbocycles. The summed E-state index contributed by atoms with van der Waals surface area (Å²) in [4.78, 5) is 0. The summed E-state index contributed by atoms with van der Waals surface area (Å²) < 4.78 is 0. The first-order valence-corrected chi connectivity index (χ1v) is 5.62. The van der Waals surface area contributed by atoms with E-state index in [4.69, 9.17) is 0 Å². The van der Waals surface area contributed by atoms with Gasteiger partial charge in [-0.2, -0.15) is 0 Å². The fourth-order valence-electron chi connectivity index (χ4n) is 2.35. The molecule has 0 radical (unpaired) electrons. The van der Waals surface area contributed by atoms with E-state index in [1.807, 2.05) is 0 Å². The lowest BCUT2D eigenvalue weighted by Crippen LogP contribution is -2.53. The molecule has 0 saturated carbocycles. The van der Waals surface area contributed by atoms with Crippen LogP contribution in [0.5, 0.6) is 0 Å². The molecular weight excluding hydrogens is 158 g/mol. The van der Waals surface area contributed by atoms with Crippen molar-refractivity contribution in [2.24, 2.45) is 5.41 Å². The van der Waals surface area contributed by atoms with E-state index in [1.165, 1.54) is 25.7 Å². The molecule has 0 unspecified atom stereocenters. The van der Waals surface area contributed by atoms with Crippen LogP contribution in [0.4, 0.5) is 0 Å². The van der Waals surface area contributed by atoms with Gasteiger partial charge in [-0.1, -0.05) is 47.5 Å². The molecule has 0 aromatic carbocycles. The number of hydrogen-bond donors (Lipinski definition) is 1. The normalized spacial score (nSPS) is 13.4. The van der Waals surface area contributed by atoms with Gasteiger partial charge >= 0.3 is 0 Å². The van der Waals surface area contributed by atoms with Gasteiger partial charge in [-0.15, -0.1) is 0 Å². The monoisotopic (exact) mass is 185 g/mol. The summed E-state index contributed by atoms with van der Waals surface area (Å²) in [6.07, 6.45) is 5.08. The van der Waals surface area contributed by atoms with Crippen molar-refractivity contribution in [2.45, 2.75) is 65.8 Å². The maximum atomic E-state index is 3.56. The average molecular weight is 185 g/mol. The molecule has 1 N–H and O–H groups in total. The van der Waals surface area contributed by atoms with Crippen LogP contribution in [0.2, 0.25) is 0 Å². The van der Waals surface area contributed by atoms with Gasteiger partial charge < -0.3 is 5.32 Å². The van der Waals surface area contributed by atoms with Crippen molar-refractivity contribution in [3.63, 3.8) is 0 Å². The smallest absolute Gasteiger partial charge is 0.0226 e. The van der Waals surface area contributed by atoms with Crippen LogP contribution in [0.3, 0.4) is 0 Å². The summed E-state index contributed by atoms with van der Waals surface area (Å²) >= 11 is 0. The third kappa shape index (κ3) is 2.98. The first kappa shape index (κ1) is 13.0. The Bertz CT molecular complexity index is 127. The minimum atomic E-state index is 0.330. The zero-order valence-corrected chi connectivity index (χ0v) is 10.3. The first-order valence-electron chi connectivity index (χ1n) is 5.62. The molecule has 0 heterocycles. The maximum Gasteiger partial charge on any atom is 0.0226 e. The Balaban J connectivity index is 4.64. The lowest BCUT2D eigenvalue weighted by atomic mass is 9.68. The Morgan fingerprint density at radius 1 is 0.923 bits per heavy atom. The van der Waals surface area contributed by atoms with Crippen molar-refractivity contribution in [1.29, 1.82) is 0 Å². The Labute approximate surface area is 84.3 Å². The fourth-order valence-corrected chi connectivity index (χ4v) is 2.35. The van der Waals surface area contributed by atoms with Gasteiger partial charge in [-0.25, -0.2) is 0 Å². The van der Waals surface area contributed by atoms with Gasteiger partial charge in [-0.05, 0) is 25.3 Å². The quantitative estimate of drug-likeness (QED) is 0.690. The van der Waals surface area contributed by atoms with Crippen molar-refractivity contribution in [1.82, 2.24) is 5.32 Å². The van der Waals surface area contributed by atoms with Gasteiger partial charge in [-0.3, -0.25) is 0 Å². The average Bonchev–Trinajstić information content (AvgIpc) is 2.02. The van der Waals surface area contributed by atoms with E-state index in [9.17, 15) is 0 Å². The minimum Gasteiger partial charge on any atom is -0.314 e. The number of nitrogens with one attached hydrogen (secondary N) is 1. The van der Waals surface area contributed by atoms with Gasteiger partial charge in [0.05, 0.1) is 0 Å². The van der Waals surface area contributed by atoms with Gasteiger partial charge in [0, 0.05) is 5.54 Å². The third-order valence-electron chi connectivity index (χ3n) is 3.27. The van der Waals surface area contributed by atoms with E-state index in [0.717, 1.165) is 0 Å². The summed E-state index contributed by atoms with van der Waals surface area (Å²) in [6, 6.07) is 0. The van der Waals surface area contributed by atoms with Crippen LogP contribution in [-0.2, 0) is 0 Å². The number of rotatable bonds is 5. The highest BCUT2D eigenvalue weighted by molar-refractivity contribution is 4.96. The van der Waals surface area contributed by atoms with Crippen LogP contribution in [0, 0.1) is 5.41 Å². The lowest BCUT2D eigenvalue weighted by Gasteiger charge is -2.45. The van der Waals surface area contributed by atoms with Gasteiger partial charge in [0.25, 0.3) is 0 Å². The molecule has 0 aliphatic rings. The van der Waals surface area contributed by atoms with Crippen LogP contribution in [-0.4, -0.2) is 12.6 Å². The van der Waals surface area contributed by atoms with Gasteiger partial charge in [0.1, 0.15) is 0 Å². The van der Waals surface area contributed by atoms with Gasteiger partial charge in [0.2, 0.25) is 0 Å². The van der Waals surface area contributed by atoms with E-state index < -0.39 is 0 Å². The van der Waals surface area contributed by atoms with Crippen LogP contribution >= 0.6 is 0 Å². The third-order valence-corrected chi connectivity index (χ3v) is 3.27. The molecule has 0 aromatic rings. The molecule has 80 valence electrons. The van der Waals surface area contributed by atoms with Crippen molar-refractivity contribution in [3.05, 3.63) is 0 Å². The molecule has 13 heavy (non-hydrogen) atoms. The summed E-state index contributed by atoms with van der Waals surface area (Å²) in [5.41, 5.74) is 0.685. The topological polar surface area (TPSA) is 12.0 Å².